The van der Waals surface area contributed by atoms with Gasteiger partial charge in [-0.2, -0.15) is 4.39 Å². The summed E-state index contributed by atoms with van der Waals surface area (Å²) in [5.41, 5.74) is -0.00263. The van der Waals surface area contributed by atoms with Crippen molar-refractivity contribution < 1.29 is 14.3 Å². The van der Waals surface area contributed by atoms with Gasteiger partial charge in [0.1, 0.15) is 0 Å². The van der Waals surface area contributed by atoms with Gasteiger partial charge in [0.05, 0.1) is 5.56 Å². The zero-order valence-electron chi connectivity index (χ0n) is 9.90. The highest BCUT2D eigenvalue weighted by atomic mass is 19.1. The molecule has 0 aliphatic rings. The molecule has 4 nitrogen and oxygen atoms in total. The Balaban J connectivity index is 2.49. The molecule has 17 heavy (non-hydrogen) atoms. The van der Waals surface area contributed by atoms with Crippen molar-refractivity contribution in [3.8, 4) is 0 Å². The Bertz CT molecular complexity index is 371. The number of pyridine rings is 1. The van der Waals surface area contributed by atoms with E-state index in [0.29, 0.717) is 6.54 Å². The van der Waals surface area contributed by atoms with Crippen LogP contribution in [0.5, 0.6) is 0 Å². The maximum atomic E-state index is 13.3. The van der Waals surface area contributed by atoms with Crippen LogP contribution in [0, 0.1) is 5.95 Å². The van der Waals surface area contributed by atoms with E-state index >= 15 is 0 Å². The lowest BCUT2D eigenvalue weighted by atomic mass is 10.2. The van der Waals surface area contributed by atoms with Crippen molar-refractivity contribution in [1.82, 2.24) is 9.88 Å². The number of aliphatic hydroxyl groups excluding tert-OH is 1. The normalized spacial score (nSPS) is 10.3. The Hall–Kier alpha value is -1.49. The molecule has 0 aliphatic heterocycles. The fourth-order valence-corrected chi connectivity index (χ4v) is 1.49. The van der Waals surface area contributed by atoms with Crippen molar-refractivity contribution in [3.63, 3.8) is 0 Å². The average molecular weight is 240 g/mol. The third-order valence-corrected chi connectivity index (χ3v) is 2.49. The molecule has 0 atom stereocenters. The second-order valence-corrected chi connectivity index (χ2v) is 3.85. The number of carbonyl (C=O) groups is 1. The number of aliphatic hydroxyl groups is 1. The molecule has 1 aromatic heterocycles. The Kier molecular flexibility index (Phi) is 5.56. The van der Waals surface area contributed by atoms with Gasteiger partial charge in [-0.15, -0.1) is 0 Å². The van der Waals surface area contributed by atoms with Crippen LogP contribution in [0.3, 0.4) is 0 Å². The lowest BCUT2D eigenvalue weighted by Gasteiger charge is -2.16. The van der Waals surface area contributed by atoms with Crippen LogP contribution in [0.2, 0.25) is 0 Å². The quantitative estimate of drug-likeness (QED) is 0.605. The number of nitrogens with zero attached hydrogens (tertiary/aromatic N) is 2. The first kappa shape index (κ1) is 13.6. The predicted octanol–water partition coefficient (Wildman–Crippen LogP) is 1.46. The molecule has 1 aromatic rings. The number of carbonyl (C=O) groups excluding carboxylic acids is 1. The molecule has 0 saturated heterocycles. The molecule has 0 radical (unpaired) electrons. The fourth-order valence-electron chi connectivity index (χ4n) is 1.49. The Morgan fingerprint density at radius 1 is 1.47 bits per heavy atom. The molecule has 0 aliphatic carbocycles. The third-order valence-electron chi connectivity index (χ3n) is 2.49. The van der Waals surface area contributed by atoms with E-state index in [-0.39, 0.29) is 18.1 Å². The van der Waals surface area contributed by atoms with Crippen molar-refractivity contribution in [2.24, 2.45) is 0 Å². The minimum absolute atomic E-state index is 0.00263. The fraction of sp³-hybridized carbons (Fsp3) is 0.500. The average Bonchev–Trinajstić information content (AvgIpc) is 2.34. The van der Waals surface area contributed by atoms with Crippen LogP contribution in [0.4, 0.5) is 4.39 Å². The van der Waals surface area contributed by atoms with Gasteiger partial charge in [0.2, 0.25) is 5.95 Å². The SMILES string of the molecule is CN(CCCCCO)C(=O)c1cccnc1F. The highest BCUT2D eigenvalue weighted by Crippen LogP contribution is 2.07. The Labute approximate surface area is 100 Å². The summed E-state index contributed by atoms with van der Waals surface area (Å²) in [5.74, 6) is -1.10. The summed E-state index contributed by atoms with van der Waals surface area (Å²) in [6.07, 6.45) is 3.69. The van der Waals surface area contributed by atoms with Gasteiger partial charge in [0, 0.05) is 26.4 Å². The number of hydrogen-bond donors (Lipinski definition) is 1. The van der Waals surface area contributed by atoms with E-state index in [1.807, 2.05) is 0 Å². The Morgan fingerprint density at radius 3 is 2.88 bits per heavy atom. The van der Waals surface area contributed by atoms with E-state index in [4.69, 9.17) is 5.11 Å². The van der Waals surface area contributed by atoms with Crippen LogP contribution in [0.25, 0.3) is 0 Å². The maximum Gasteiger partial charge on any atom is 0.258 e. The molecule has 1 N–H and O–H groups in total. The molecule has 5 heteroatoms. The summed E-state index contributed by atoms with van der Waals surface area (Å²) in [7, 11) is 1.63. The molecule has 0 fully saturated rings. The molecule has 1 amide bonds. The second kappa shape index (κ2) is 6.96. The molecule has 0 aromatic carbocycles. The molecule has 1 rings (SSSR count). The number of amides is 1. The van der Waals surface area contributed by atoms with Crippen LogP contribution >= 0.6 is 0 Å². The first-order valence-electron chi connectivity index (χ1n) is 5.63. The van der Waals surface area contributed by atoms with Gasteiger partial charge < -0.3 is 10.0 Å². The molecule has 1 heterocycles. The Morgan fingerprint density at radius 2 is 2.24 bits per heavy atom. The van der Waals surface area contributed by atoms with E-state index in [0.717, 1.165) is 19.3 Å². The van der Waals surface area contributed by atoms with Crippen molar-refractivity contribution in [2.75, 3.05) is 20.2 Å². The number of hydrogen-bond acceptors (Lipinski definition) is 3. The maximum absolute atomic E-state index is 13.3. The standard InChI is InChI=1S/C12H17FN2O2/c1-15(8-3-2-4-9-16)12(17)10-6-5-7-14-11(10)13/h5-7,16H,2-4,8-9H2,1H3. The highest BCUT2D eigenvalue weighted by molar-refractivity contribution is 5.93. The summed E-state index contributed by atoms with van der Waals surface area (Å²) < 4.78 is 13.3. The first-order chi connectivity index (χ1) is 8.16. The van der Waals surface area contributed by atoms with E-state index in [1.165, 1.54) is 23.2 Å². The van der Waals surface area contributed by atoms with E-state index in [1.54, 1.807) is 7.05 Å². The van der Waals surface area contributed by atoms with Gasteiger partial charge in [0.25, 0.3) is 5.91 Å². The summed E-state index contributed by atoms with van der Waals surface area (Å²) in [6.45, 7) is 0.710. The van der Waals surface area contributed by atoms with Gasteiger partial charge in [-0.05, 0) is 31.4 Å². The summed E-state index contributed by atoms with van der Waals surface area (Å²) in [5, 5.41) is 8.62. The predicted molar refractivity (Wildman–Crippen MR) is 62.1 cm³/mol. The zero-order valence-corrected chi connectivity index (χ0v) is 9.90. The largest absolute Gasteiger partial charge is 0.396 e. The van der Waals surface area contributed by atoms with Gasteiger partial charge in [0.15, 0.2) is 0 Å². The summed E-state index contributed by atoms with van der Waals surface area (Å²) in [4.78, 5) is 16.7. The molecule has 94 valence electrons. The lowest BCUT2D eigenvalue weighted by Crippen LogP contribution is -2.28. The number of unbranched alkanes of at least 4 members (excludes halogenated alkanes) is 2. The highest BCUT2D eigenvalue weighted by Gasteiger charge is 2.15. The summed E-state index contributed by atoms with van der Waals surface area (Å²) in [6, 6.07) is 2.96. The number of rotatable bonds is 6. The van der Waals surface area contributed by atoms with Crippen LogP contribution < -0.4 is 0 Å². The van der Waals surface area contributed by atoms with Crippen molar-refractivity contribution in [3.05, 3.63) is 29.8 Å². The monoisotopic (exact) mass is 240 g/mol. The number of halogens is 1. The minimum atomic E-state index is -0.736. The van der Waals surface area contributed by atoms with Crippen LogP contribution in [-0.2, 0) is 0 Å². The topological polar surface area (TPSA) is 53.4 Å². The smallest absolute Gasteiger partial charge is 0.258 e. The van der Waals surface area contributed by atoms with Crippen molar-refractivity contribution >= 4 is 5.91 Å². The van der Waals surface area contributed by atoms with Gasteiger partial charge in [-0.3, -0.25) is 4.79 Å². The van der Waals surface area contributed by atoms with E-state index in [9.17, 15) is 9.18 Å². The van der Waals surface area contributed by atoms with E-state index in [2.05, 4.69) is 4.98 Å². The molecular formula is C12H17FN2O2. The van der Waals surface area contributed by atoms with Gasteiger partial charge >= 0.3 is 0 Å². The van der Waals surface area contributed by atoms with Gasteiger partial charge in [-0.1, -0.05) is 0 Å². The van der Waals surface area contributed by atoms with Crippen molar-refractivity contribution in [2.45, 2.75) is 19.3 Å². The third kappa shape index (κ3) is 4.11. The summed E-state index contributed by atoms with van der Waals surface area (Å²) >= 11 is 0. The van der Waals surface area contributed by atoms with Gasteiger partial charge in [-0.25, -0.2) is 4.98 Å². The van der Waals surface area contributed by atoms with Crippen LogP contribution in [0.1, 0.15) is 29.6 Å². The zero-order chi connectivity index (χ0) is 12.7. The number of aromatic nitrogens is 1. The molecule has 0 saturated carbocycles. The first-order valence-corrected chi connectivity index (χ1v) is 5.63. The minimum Gasteiger partial charge on any atom is -0.396 e. The molecule has 0 bridgehead atoms. The molecular weight excluding hydrogens is 223 g/mol. The van der Waals surface area contributed by atoms with Crippen molar-refractivity contribution in [1.29, 1.82) is 0 Å². The van der Waals surface area contributed by atoms with E-state index < -0.39 is 5.95 Å². The van der Waals surface area contributed by atoms with Crippen LogP contribution in [0.15, 0.2) is 18.3 Å². The van der Waals surface area contributed by atoms with Crippen LogP contribution in [-0.4, -0.2) is 41.1 Å². The molecule has 0 spiro atoms. The molecule has 0 unspecified atom stereocenters. The second-order valence-electron chi connectivity index (χ2n) is 3.85. The lowest BCUT2D eigenvalue weighted by molar-refractivity contribution is 0.0786.